The van der Waals surface area contributed by atoms with Crippen LogP contribution in [0.25, 0.3) is 0 Å². The molecule has 124 valence electrons. The van der Waals surface area contributed by atoms with Crippen molar-refractivity contribution >= 4 is 17.5 Å². The third kappa shape index (κ3) is 4.30. The monoisotopic (exact) mass is 317 g/mol. The van der Waals surface area contributed by atoms with Crippen LogP contribution in [0.2, 0.25) is 0 Å². The van der Waals surface area contributed by atoms with Gasteiger partial charge in [-0.3, -0.25) is 9.59 Å². The second-order valence-electron chi connectivity index (χ2n) is 6.20. The van der Waals surface area contributed by atoms with Crippen molar-refractivity contribution in [2.45, 2.75) is 31.8 Å². The van der Waals surface area contributed by atoms with Gasteiger partial charge in [0.05, 0.1) is 19.3 Å². The fourth-order valence-electron chi connectivity index (χ4n) is 2.58. The molecule has 6 heteroatoms. The number of rotatable bonds is 5. The molecule has 2 aliphatic rings. The van der Waals surface area contributed by atoms with Gasteiger partial charge in [-0.15, -0.1) is 0 Å². The van der Waals surface area contributed by atoms with Crippen molar-refractivity contribution in [3.8, 4) is 0 Å². The Morgan fingerprint density at radius 2 is 1.96 bits per heavy atom. The Bertz CT molecular complexity index is 563. The lowest BCUT2D eigenvalue weighted by molar-refractivity contribution is -0.126. The van der Waals surface area contributed by atoms with Crippen molar-refractivity contribution in [1.29, 1.82) is 0 Å². The molecular weight excluding hydrogens is 294 g/mol. The summed E-state index contributed by atoms with van der Waals surface area (Å²) in [5.41, 5.74) is 1.80. The predicted octanol–water partition coefficient (Wildman–Crippen LogP) is 1.20. The second kappa shape index (κ2) is 7.10. The molecule has 1 saturated heterocycles. The number of benzene rings is 1. The zero-order valence-electron chi connectivity index (χ0n) is 13.3. The van der Waals surface area contributed by atoms with Crippen LogP contribution in [0.5, 0.6) is 0 Å². The Morgan fingerprint density at radius 3 is 2.57 bits per heavy atom. The molecule has 3 N–H and O–H groups in total. The van der Waals surface area contributed by atoms with E-state index in [1.54, 1.807) is 0 Å². The van der Waals surface area contributed by atoms with Crippen LogP contribution >= 0.6 is 0 Å². The molecule has 1 saturated carbocycles. The SMILES string of the molecule is CC(NC(=O)C1COCCN1)c1ccc(NC(=O)C2CC2)cc1. The maximum absolute atomic E-state index is 12.2. The van der Waals surface area contributed by atoms with Crippen LogP contribution in [0.15, 0.2) is 24.3 Å². The van der Waals surface area contributed by atoms with E-state index in [4.69, 9.17) is 4.74 Å². The van der Waals surface area contributed by atoms with E-state index in [1.807, 2.05) is 31.2 Å². The molecule has 0 spiro atoms. The van der Waals surface area contributed by atoms with Crippen molar-refractivity contribution in [3.05, 3.63) is 29.8 Å². The molecule has 1 aliphatic heterocycles. The third-order valence-electron chi connectivity index (χ3n) is 4.22. The van der Waals surface area contributed by atoms with Crippen molar-refractivity contribution in [2.75, 3.05) is 25.1 Å². The minimum absolute atomic E-state index is 0.0525. The summed E-state index contributed by atoms with van der Waals surface area (Å²) >= 11 is 0. The number of hydrogen-bond acceptors (Lipinski definition) is 4. The molecule has 0 radical (unpaired) electrons. The van der Waals surface area contributed by atoms with Gasteiger partial charge in [-0.1, -0.05) is 12.1 Å². The van der Waals surface area contributed by atoms with E-state index >= 15 is 0 Å². The highest BCUT2D eigenvalue weighted by atomic mass is 16.5. The molecule has 23 heavy (non-hydrogen) atoms. The standard InChI is InChI=1S/C17H23N3O3/c1-11(19-17(22)15-10-23-9-8-18-15)12-4-6-14(7-5-12)20-16(21)13-2-3-13/h4-7,11,13,15,18H,2-3,8-10H2,1H3,(H,19,22)(H,20,21). The number of morpholine rings is 1. The Hall–Kier alpha value is -1.92. The van der Waals surface area contributed by atoms with Crippen LogP contribution in [0, 0.1) is 5.92 Å². The van der Waals surface area contributed by atoms with E-state index in [2.05, 4.69) is 16.0 Å². The largest absolute Gasteiger partial charge is 0.378 e. The fourth-order valence-corrected chi connectivity index (χ4v) is 2.58. The van der Waals surface area contributed by atoms with E-state index in [1.165, 1.54) is 0 Å². The summed E-state index contributed by atoms with van der Waals surface area (Å²) in [5.74, 6) is 0.240. The van der Waals surface area contributed by atoms with Crippen molar-refractivity contribution in [2.24, 2.45) is 5.92 Å². The van der Waals surface area contributed by atoms with E-state index in [9.17, 15) is 9.59 Å². The number of nitrogens with one attached hydrogen (secondary N) is 3. The quantitative estimate of drug-likeness (QED) is 0.762. The van der Waals surface area contributed by atoms with E-state index < -0.39 is 0 Å². The number of carbonyl (C=O) groups excluding carboxylic acids is 2. The number of hydrogen-bond donors (Lipinski definition) is 3. The van der Waals surface area contributed by atoms with Crippen molar-refractivity contribution in [3.63, 3.8) is 0 Å². The van der Waals surface area contributed by atoms with Crippen LogP contribution in [0.3, 0.4) is 0 Å². The van der Waals surface area contributed by atoms with Gasteiger partial charge in [0.15, 0.2) is 0 Å². The summed E-state index contributed by atoms with van der Waals surface area (Å²) in [5, 5.41) is 9.03. The predicted molar refractivity (Wildman–Crippen MR) is 87.0 cm³/mol. The maximum atomic E-state index is 12.2. The number of amides is 2. The molecule has 2 amide bonds. The Kier molecular flexibility index (Phi) is 4.93. The summed E-state index contributed by atoms with van der Waals surface area (Å²) in [6.07, 6.45) is 1.98. The summed E-state index contributed by atoms with van der Waals surface area (Å²) in [6, 6.07) is 7.22. The van der Waals surface area contributed by atoms with Gasteiger partial charge >= 0.3 is 0 Å². The Morgan fingerprint density at radius 1 is 1.22 bits per heavy atom. The first kappa shape index (κ1) is 16.0. The fraction of sp³-hybridized carbons (Fsp3) is 0.529. The zero-order chi connectivity index (χ0) is 16.2. The van der Waals surface area contributed by atoms with Gasteiger partial charge in [0.25, 0.3) is 0 Å². The van der Waals surface area contributed by atoms with Crippen LogP contribution < -0.4 is 16.0 Å². The lowest BCUT2D eigenvalue weighted by Gasteiger charge is -2.25. The van der Waals surface area contributed by atoms with E-state index in [-0.39, 0.29) is 29.8 Å². The first-order valence-electron chi connectivity index (χ1n) is 8.16. The highest BCUT2D eigenvalue weighted by Gasteiger charge is 2.29. The van der Waals surface area contributed by atoms with E-state index in [0.717, 1.165) is 24.1 Å². The summed E-state index contributed by atoms with van der Waals surface area (Å²) in [7, 11) is 0. The van der Waals surface area contributed by atoms with Gasteiger partial charge in [-0.25, -0.2) is 0 Å². The van der Waals surface area contributed by atoms with E-state index in [0.29, 0.717) is 19.8 Å². The number of carbonyl (C=O) groups is 2. The number of anilines is 1. The van der Waals surface area contributed by atoms with Gasteiger partial charge in [0, 0.05) is 18.2 Å². The van der Waals surface area contributed by atoms with Gasteiger partial charge in [0.1, 0.15) is 6.04 Å². The lowest BCUT2D eigenvalue weighted by atomic mass is 10.1. The second-order valence-corrected chi connectivity index (χ2v) is 6.20. The topological polar surface area (TPSA) is 79.5 Å². The molecule has 0 bridgehead atoms. The summed E-state index contributed by atoms with van der Waals surface area (Å²) < 4.78 is 5.30. The molecular formula is C17H23N3O3. The van der Waals surface area contributed by atoms with Crippen LogP contribution in [-0.2, 0) is 14.3 Å². The average molecular weight is 317 g/mol. The maximum Gasteiger partial charge on any atom is 0.240 e. The molecule has 2 unspecified atom stereocenters. The summed E-state index contributed by atoms with van der Waals surface area (Å²) in [4.78, 5) is 23.9. The van der Waals surface area contributed by atoms with Crippen molar-refractivity contribution < 1.29 is 14.3 Å². The molecule has 1 aromatic rings. The molecule has 2 fully saturated rings. The summed E-state index contributed by atoms with van der Waals surface area (Å²) in [6.45, 7) is 3.69. The average Bonchev–Trinajstić information content (AvgIpc) is 3.41. The minimum atomic E-state index is -0.289. The Labute approximate surface area is 136 Å². The smallest absolute Gasteiger partial charge is 0.240 e. The highest BCUT2D eigenvalue weighted by Crippen LogP contribution is 2.30. The molecule has 3 rings (SSSR count). The van der Waals surface area contributed by atoms with Gasteiger partial charge in [-0.05, 0) is 37.5 Å². The minimum Gasteiger partial charge on any atom is -0.378 e. The molecule has 6 nitrogen and oxygen atoms in total. The molecule has 1 heterocycles. The molecule has 2 atom stereocenters. The first-order chi connectivity index (χ1) is 11.1. The van der Waals surface area contributed by atoms with Crippen LogP contribution in [0.4, 0.5) is 5.69 Å². The lowest BCUT2D eigenvalue weighted by Crippen LogP contribution is -2.51. The zero-order valence-corrected chi connectivity index (χ0v) is 13.3. The molecule has 1 aliphatic carbocycles. The first-order valence-corrected chi connectivity index (χ1v) is 8.16. The van der Waals surface area contributed by atoms with Gasteiger partial charge in [0.2, 0.25) is 11.8 Å². The molecule has 0 aromatic heterocycles. The van der Waals surface area contributed by atoms with Gasteiger partial charge in [-0.2, -0.15) is 0 Å². The van der Waals surface area contributed by atoms with Crippen LogP contribution in [-0.4, -0.2) is 37.6 Å². The third-order valence-corrected chi connectivity index (χ3v) is 4.22. The van der Waals surface area contributed by atoms with Crippen LogP contribution in [0.1, 0.15) is 31.4 Å². The van der Waals surface area contributed by atoms with Crippen molar-refractivity contribution in [1.82, 2.24) is 10.6 Å². The van der Waals surface area contributed by atoms with Gasteiger partial charge < -0.3 is 20.7 Å². The highest BCUT2D eigenvalue weighted by molar-refractivity contribution is 5.94. The normalized spacial score (nSPS) is 22.2. The Balaban J connectivity index is 1.53. The molecule has 1 aromatic carbocycles. The number of ether oxygens (including phenoxy) is 1.